The predicted molar refractivity (Wildman–Crippen MR) is 69.6 cm³/mol. The number of hydrogen-bond acceptors (Lipinski definition) is 2. The van der Waals surface area contributed by atoms with Gasteiger partial charge in [-0.05, 0) is 49.3 Å². The molecular formula is C15H21NO. The largest absolute Gasteiger partial charge is 0.496 e. The van der Waals surface area contributed by atoms with Crippen molar-refractivity contribution in [2.45, 2.75) is 50.6 Å². The first-order valence-corrected chi connectivity index (χ1v) is 6.77. The molecule has 0 heterocycles. The van der Waals surface area contributed by atoms with Gasteiger partial charge in [0, 0.05) is 12.1 Å². The second-order valence-electron chi connectivity index (χ2n) is 5.33. The lowest BCUT2D eigenvalue weighted by Crippen LogP contribution is -2.44. The number of nitrogens with one attached hydrogen (secondary N) is 1. The molecule has 1 N–H and O–H groups in total. The SMILES string of the molecule is COc1cccc2c1CC(NC1CCC1)CC2. The number of fused-ring (bicyclic) bond motifs is 1. The number of rotatable bonds is 3. The maximum atomic E-state index is 5.48. The van der Waals surface area contributed by atoms with E-state index in [9.17, 15) is 0 Å². The van der Waals surface area contributed by atoms with Crippen molar-refractivity contribution in [3.05, 3.63) is 29.3 Å². The van der Waals surface area contributed by atoms with Gasteiger partial charge in [0.2, 0.25) is 0 Å². The van der Waals surface area contributed by atoms with Crippen molar-refractivity contribution in [1.29, 1.82) is 0 Å². The van der Waals surface area contributed by atoms with E-state index >= 15 is 0 Å². The summed E-state index contributed by atoms with van der Waals surface area (Å²) in [6.45, 7) is 0. The lowest BCUT2D eigenvalue weighted by atomic mass is 9.85. The van der Waals surface area contributed by atoms with Gasteiger partial charge in [-0.15, -0.1) is 0 Å². The molecule has 2 heteroatoms. The van der Waals surface area contributed by atoms with Crippen LogP contribution < -0.4 is 10.1 Å². The first-order chi connectivity index (χ1) is 8.36. The third-order valence-corrected chi connectivity index (χ3v) is 4.24. The first-order valence-electron chi connectivity index (χ1n) is 6.77. The van der Waals surface area contributed by atoms with Gasteiger partial charge in [-0.3, -0.25) is 0 Å². The number of aryl methyl sites for hydroxylation is 1. The average Bonchev–Trinajstić information content (AvgIpc) is 2.33. The Hall–Kier alpha value is -1.02. The smallest absolute Gasteiger partial charge is 0.122 e. The van der Waals surface area contributed by atoms with Gasteiger partial charge in [0.25, 0.3) is 0 Å². The molecule has 1 aromatic rings. The van der Waals surface area contributed by atoms with E-state index in [0.717, 1.165) is 18.2 Å². The van der Waals surface area contributed by atoms with Gasteiger partial charge in [-0.25, -0.2) is 0 Å². The highest BCUT2D eigenvalue weighted by Crippen LogP contribution is 2.30. The molecule has 92 valence electrons. The second kappa shape index (κ2) is 4.69. The molecule has 1 unspecified atom stereocenters. The molecule has 0 spiro atoms. The summed E-state index contributed by atoms with van der Waals surface area (Å²) in [7, 11) is 1.78. The average molecular weight is 231 g/mol. The summed E-state index contributed by atoms with van der Waals surface area (Å²) < 4.78 is 5.48. The van der Waals surface area contributed by atoms with Crippen molar-refractivity contribution in [2.75, 3.05) is 7.11 Å². The van der Waals surface area contributed by atoms with Crippen molar-refractivity contribution >= 4 is 0 Å². The van der Waals surface area contributed by atoms with Crippen LogP contribution in [0.3, 0.4) is 0 Å². The number of ether oxygens (including phenoxy) is 1. The van der Waals surface area contributed by atoms with Gasteiger partial charge in [-0.2, -0.15) is 0 Å². The van der Waals surface area contributed by atoms with Crippen molar-refractivity contribution in [1.82, 2.24) is 5.32 Å². The molecule has 1 saturated carbocycles. The normalized spacial score (nSPS) is 23.9. The summed E-state index contributed by atoms with van der Waals surface area (Å²) in [5.74, 6) is 1.07. The van der Waals surface area contributed by atoms with Gasteiger partial charge in [-0.1, -0.05) is 18.6 Å². The molecule has 0 aliphatic heterocycles. The molecule has 17 heavy (non-hydrogen) atoms. The third kappa shape index (κ3) is 2.19. The molecular weight excluding hydrogens is 210 g/mol. The van der Waals surface area contributed by atoms with Crippen LogP contribution in [0.2, 0.25) is 0 Å². The lowest BCUT2D eigenvalue weighted by Gasteiger charge is -2.34. The van der Waals surface area contributed by atoms with Crippen LogP contribution in [0.25, 0.3) is 0 Å². The predicted octanol–water partition coefficient (Wildman–Crippen LogP) is 2.69. The van der Waals surface area contributed by atoms with Crippen LogP contribution in [0.5, 0.6) is 5.75 Å². The van der Waals surface area contributed by atoms with E-state index in [1.807, 2.05) is 0 Å². The minimum absolute atomic E-state index is 0.657. The minimum atomic E-state index is 0.657. The lowest BCUT2D eigenvalue weighted by molar-refractivity contribution is 0.288. The Morgan fingerprint density at radius 1 is 1.18 bits per heavy atom. The monoisotopic (exact) mass is 231 g/mol. The quantitative estimate of drug-likeness (QED) is 0.863. The molecule has 2 aliphatic rings. The van der Waals surface area contributed by atoms with Crippen LogP contribution >= 0.6 is 0 Å². The summed E-state index contributed by atoms with van der Waals surface area (Å²) in [5, 5.41) is 3.79. The maximum Gasteiger partial charge on any atom is 0.122 e. The van der Waals surface area contributed by atoms with Crippen molar-refractivity contribution in [2.24, 2.45) is 0 Å². The Morgan fingerprint density at radius 2 is 2.06 bits per heavy atom. The molecule has 1 fully saturated rings. The topological polar surface area (TPSA) is 21.3 Å². The molecule has 2 nitrogen and oxygen atoms in total. The van der Waals surface area contributed by atoms with Gasteiger partial charge in [0.05, 0.1) is 7.11 Å². The number of hydrogen-bond donors (Lipinski definition) is 1. The standard InChI is InChI=1S/C15H21NO/c1-17-15-7-2-4-11-8-9-13(10-14(11)15)16-12-5-3-6-12/h2,4,7,12-13,16H,3,5-6,8-10H2,1H3. The Balaban J connectivity index is 1.74. The summed E-state index contributed by atoms with van der Waals surface area (Å²) in [4.78, 5) is 0. The van der Waals surface area contributed by atoms with E-state index in [1.54, 1.807) is 7.11 Å². The fourth-order valence-electron chi connectivity index (χ4n) is 3.00. The van der Waals surface area contributed by atoms with E-state index < -0.39 is 0 Å². The minimum Gasteiger partial charge on any atom is -0.496 e. The van der Waals surface area contributed by atoms with Crippen LogP contribution in [0.1, 0.15) is 36.8 Å². The molecule has 1 atom stereocenters. The third-order valence-electron chi connectivity index (χ3n) is 4.24. The first kappa shape index (κ1) is 11.1. The zero-order valence-electron chi connectivity index (χ0n) is 10.5. The van der Waals surface area contributed by atoms with Crippen LogP contribution in [0, 0.1) is 0 Å². The molecule has 0 radical (unpaired) electrons. The van der Waals surface area contributed by atoms with Gasteiger partial charge >= 0.3 is 0 Å². The van der Waals surface area contributed by atoms with Crippen molar-refractivity contribution in [3.8, 4) is 5.75 Å². The molecule has 0 bridgehead atoms. The van der Waals surface area contributed by atoms with E-state index in [4.69, 9.17) is 4.74 Å². The molecule has 1 aromatic carbocycles. The van der Waals surface area contributed by atoms with Crippen molar-refractivity contribution in [3.63, 3.8) is 0 Å². The van der Waals surface area contributed by atoms with Gasteiger partial charge < -0.3 is 10.1 Å². The van der Waals surface area contributed by atoms with Gasteiger partial charge in [0.15, 0.2) is 0 Å². The highest BCUT2D eigenvalue weighted by molar-refractivity contribution is 5.42. The molecule has 0 saturated heterocycles. The highest BCUT2D eigenvalue weighted by Gasteiger charge is 2.25. The van der Waals surface area contributed by atoms with Gasteiger partial charge in [0.1, 0.15) is 5.75 Å². The Bertz CT molecular complexity index is 384. The zero-order valence-corrected chi connectivity index (χ0v) is 10.5. The van der Waals surface area contributed by atoms with E-state index in [-0.39, 0.29) is 0 Å². The van der Waals surface area contributed by atoms with E-state index in [1.165, 1.54) is 43.2 Å². The van der Waals surface area contributed by atoms with Crippen molar-refractivity contribution < 1.29 is 4.74 Å². The molecule has 3 rings (SSSR count). The van der Waals surface area contributed by atoms with Crippen LogP contribution in [-0.2, 0) is 12.8 Å². The Kier molecular flexibility index (Phi) is 3.06. The summed E-state index contributed by atoms with van der Waals surface area (Å²) in [5.41, 5.74) is 2.91. The van der Waals surface area contributed by atoms with E-state index in [0.29, 0.717) is 6.04 Å². The maximum absolute atomic E-state index is 5.48. The molecule has 0 amide bonds. The Labute approximate surface area is 103 Å². The van der Waals surface area contributed by atoms with Crippen LogP contribution in [0.15, 0.2) is 18.2 Å². The van der Waals surface area contributed by atoms with Crippen LogP contribution in [-0.4, -0.2) is 19.2 Å². The summed E-state index contributed by atoms with van der Waals surface area (Å²) in [6.07, 6.45) is 7.75. The fourth-order valence-corrected chi connectivity index (χ4v) is 3.00. The number of benzene rings is 1. The van der Waals surface area contributed by atoms with Crippen LogP contribution in [0.4, 0.5) is 0 Å². The Morgan fingerprint density at radius 3 is 2.76 bits per heavy atom. The molecule has 0 aromatic heterocycles. The number of methoxy groups -OCH3 is 1. The highest BCUT2D eigenvalue weighted by atomic mass is 16.5. The fraction of sp³-hybridized carbons (Fsp3) is 0.600. The summed E-state index contributed by atoms with van der Waals surface area (Å²) in [6, 6.07) is 7.89. The molecule has 2 aliphatic carbocycles. The van der Waals surface area contributed by atoms with E-state index in [2.05, 4.69) is 23.5 Å². The second-order valence-corrected chi connectivity index (χ2v) is 5.33. The zero-order chi connectivity index (χ0) is 11.7. The summed E-state index contributed by atoms with van der Waals surface area (Å²) >= 11 is 0.